The number of ether oxygens (including phenoxy) is 1. The van der Waals surface area contributed by atoms with E-state index in [2.05, 4.69) is 9.97 Å². The molecule has 1 saturated heterocycles. The molecule has 8 heteroatoms. The van der Waals surface area contributed by atoms with E-state index in [1.165, 1.54) is 17.3 Å². The van der Waals surface area contributed by atoms with E-state index in [1.807, 2.05) is 32.0 Å². The summed E-state index contributed by atoms with van der Waals surface area (Å²) < 4.78 is 5.23. The van der Waals surface area contributed by atoms with E-state index < -0.39 is 6.09 Å². The Morgan fingerprint density at radius 1 is 1.07 bits per heavy atom. The third-order valence-electron chi connectivity index (χ3n) is 4.20. The van der Waals surface area contributed by atoms with Gasteiger partial charge in [0.2, 0.25) is 17.8 Å². The molecule has 0 radical (unpaired) electrons. The number of para-hydroxylation sites is 1. The Morgan fingerprint density at radius 3 is 2.19 bits per heavy atom. The molecule has 0 unspecified atom stereocenters. The minimum atomic E-state index is -0.607. The van der Waals surface area contributed by atoms with Crippen molar-refractivity contribution in [2.24, 2.45) is 5.41 Å². The molecule has 1 aliphatic rings. The molecule has 0 N–H and O–H groups in total. The lowest BCUT2D eigenvalue weighted by Gasteiger charge is -2.33. The van der Waals surface area contributed by atoms with Crippen molar-refractivity contribution >= 4 is 29.5 Å². The molecule has 1 aromatic carbocycles. The van der Waals surface area contributed by atoms with Crippen LogP contribution >= 0.6 is 0 Å². The number of rotatable bonds is 3. The maximum atomic E-state index is 12.3. The first-order valence-electron chi connectivity index (χ1n) is 8.45. The van der Waals surface area contributed by atoms with E-state index >= 15 is 0 Å². The topological polar surface area (TPSA) is 92.7 Å². The molecule has 0 bridgehead atoms. The average Bonchev–Trinajstić information content (AvgIpc) is 2.61. The van der Waals surface area contributed by atoms with Crippen LogP contribution in [0.2, 0.25) is 0 Å². The summed E-state index contributed by atoms with van der Waals surface area (Å²) in [7, 11) is 1.58. The predicted molar refractivity (Wildman–Crippen MR) is 98.4 cm³/mol. The van der Waals surface area contributed by atoms with Crippen LogP contribution in [0.4, 0.5) is 16.4 Å². The molecule has 0 atom stereocenters. The highest BCUT2D eigenvalue weighted by Gasteiger charge is 2.39. The Hall–Kier alpha value is -3.29. The Balaban J connectivity index is 1.70. The summed E-state index contributed by atoms with van der Waals surface area (Å²) in [4.78, 5) is 47.1. The van der Waals surface area contributed by atoms with Crippen molar-refractivity contribution in [3.05, 3.63) is 42.7 Å². The number of nitrogens with zero attached hydrogens (tertiary/aromatic N) is 4. The Bertz CT molecular complexity index is 845. The molecule has 0 aliphatic carbocycles. The van der Waals surface area contributed by atoms with Crippen LogP contribution in [-0.2, 0) is 9.59 Å². The first kappa shape index (κ1) is 18.5. The lowest BCUT2D eigenvalue weighted by Crippen LogP contribution is -2.47. The molecule has 140 valence electrons. The number of amides is 3. The summed E-state index contributed by atoms with van der Waals surface area (Å²) in [6, 6.07) is 9.02. The molecule has 2 aromatic rings. The summed E-state index contributed by atoms with van der Waals surface area (Å²) in [5.74, 6) is -0.588. The lowest BCUT2D eigenvalue weighted by molar-refractivity contribution is -0.132. The molecular weight excluding hydrogens is 348 g/mol. The molecular formula is C19H20N4O4. The minimum absolute atomic E-state index is 0.0169. The van der Waals surface area contributed by atoms with Crippen LogP contribution in [0.25, 0.3) is 0 Å². The van der Waals surface area contributed by atoms with E-state index in [-0.39, 0.29) is 41.8 Å². The molecule has 8 nitrogen and oxygen atoms in total. The molecule has 0 saturated carbocycles. The van der Waals surface area contributed by atoms with Crippen molar-refractivity contribution in [3.63, 3.8) is 0 Å². The number of carbonyl (C=O) groups excluding carboxylic acids is 3. The van der Waals surface area contributed by atoms with Crippen LogP contribution in [-0.4, -0.2) is 34.9 Å². The summed E-state index contributed by atoms with van der Waals surface area (Å²) in [5.41, 5.74) is 0.300. The monoisotopic (exact) mass is 368 g/mol. The highest BCUT2D eigenvalue weighted by molar-refractivity contribution is 6.15. The van der Waals surface area contributed by atoms with E-state index in [4.69, 9.17) is 4.74 Å². The van der Waals surface area contributed by atoms with E-state index in [0.717, 1.165) is 4.90 Å². The third-order valence-corrected chi connectivity index (χ3v) is 4.20. The van der Waals surface area contributed by atoms with Crippen molar-refractivity contribution < 1.29 is 19.1 Å². The number of piperidine rings is 1. The van der Waals surface area contributed by atoms with Gasteiger partial charge in [-0.25, -0.2) is 19.7 Å². The smallest absolute Gasteiger partial charge is 0.407 e. The van der Waals surface area contributed by atoms with Gasteiger partial charge in [0.1, 0.15) is 0 Å². The fourth-order valence-corrected chi connectivity index (χ4v) is 2.81. The van der Waals surface area contributed by atoms with Crippen molar-refractivity contribution in [1.29, 1.82) is 0 Å². The van der Waals surface area contributed by atoms with Crippen LogP contribution in [0.1, 0.15) is 26.7 Å². The predicted octanol–water partition coefficient (Wildman–Crippen LogP) is 2.79. The number of hydrogen-bond donors (Lipinski definition) is 0. The van der Waals surface area contributed by atoms with Crippen LogP contribution in [0.5, 0.6) is 5.75 Å². The molecule has 1 aliphatic heterocycles. The molecule has 3 rings (SSSR count). The average molecular weight is 368 g/mol. The zero-order valence-electron chi connectivity index (χ0n) is 15.4. The van der Waals surface area contributed by atoms with E-state index in [1.54, 1.807) is 19.2 Å². The second-order valence-corrected chi connectivity index (χ2v) is 7.12. The fraction of sp³-hybridized carbons (Fsp3) is 0.316. The van der Waals surface area contributed by atoms with Gasteiger partial charge in [0, 0.05) is 25.6 Å². The first-order chi connectivity index (χ1) is 12.8. The van der Waals surface area contributed by atoms with E-state index in [0.29, 0.717) is 5.69 Å². The number of anilines is 2. The number of benzene rings is 1. The highest BCUT2D eigenvalue weighted by atomic mass is 16.6. The number of carbonyl (C=O) groups is 3. The summed E-state index contributed by atoms with van der Waals surface area (Å²) in [6.07, 6.45) is 2.39. The van der Waals surface area contributed by atoms with Gasteiger partial charge in [-0.1, -0.05) is 32.0 Å². The molecule has 27 heavy (non-hydrogen) atoms. The Morgan fingerprint density at radius 2 is 1.63 bits per heavy atom. The van der Waals surface area contributed by atoms with Gasteiger partial charge in [-0.3, -0.25) is 14.5 Å². The molecule has 1 aromatic heterocycles. The van der Waals surface area contributed by atoms with Crippen molar-refractivity contribution in [2.75, 3.05) is 16.8 Å². The van der Waals surface area contributed by atoms with Gasteiger partial charge in [-0.15, -0.1) is 0 Å². The van der Waals surface area contributed by atoms with Gasteiger partial charge in [-0.2, -0.15) is 0 Å². The summed E-state index contributed by atoms with van der Waals surface area (Å²) in [5, 5.41) is 0. The normalized spacial score (nSPS) is 16.2. The number of imide groups is 1. The van der Waals surface area contributed by atoms with Crippen molar-refractivity contribution in [2.45, 2.75) is 26.7 Å². The summed E-state index contributed by atoms with van der Waals surface area (Å²) in [6.45, 7) is 3.74. The molecule has 0 spiro atoms. The van der Waals surface area contributed by atoms with Crippen LogP contribution in [0.3, 0.4) is 0 Å². The standard InChI is InChI=1S/C19H20N4O4/c1-19(2)9-15(24)23(16(25)10-19)17-20-11-14(12-21-17)27-18(26)22(3)13-7-5-4-6-8-13/h4-8,11-12H,9-10H2,1-3H3. The van der Waals surface area contributed by atoms with Crippen LogP contribution < -0.4 is 14.5 Å². The second kappa shape index (κ2) is 7.14. The zero-order chi connectivity index (χ0) is 19.6. The fourth-order valence-electron chi connectivity index (χ4n) is 2.81. The SMILES string of the molecule is CN(C(=O)Oc1cnc(N2C(=O)CC(C)(C)CC2=O)nc1)c1ccccc1. The van der Waals surface area contributed by atoms with Gasteiger partial charge < -0.3 is 4.74 Å². The van der Waals surface area contributed by atoms with Crippen LogP contribution in [0, 0.1) is 5.41 Å². The lowest BCUT2D eigenvalue weighted by atomic mass is 9.82. The summed E-state index contributed by atoms with van der Waals surface area (Å²) >= 11 is 0. The van der Waals surface area contributed by atoms with Crippen molar-refractivity contribution in [3.8, 4) is 5.75 Å². The van der Waals surface area contributed by atoms with Gasteiger partial charge in [0.05, 0.1) is 12.4 Å². The molecule has 3 amide bonds. The van der Waals surface area contributed by atoms with E-state index in [9.17, 15) is 14.4 Å². The largest absolute Gasteiger partial charge is 0.419 e. The Kier molecular flexibility index (Phi) is 4.89. The van der Waals surface area contributed by atoms with Crippen LogP contribution in [0.15, 0.2) is 42.7 Å². The number of hydrogen-bond acceptors (Lipinski definition) is 6. The third kappa shape index (κ3) is 4.11. The zero-order valence-corrected chi connectivity index (χ0v) is 15.4. The second-order valence-electron chi connectivity index (χ2n) is 7.12. The maximum Gasteiger partial charge on any atom is 0.419 e. The molecule has 1 fully saturated rings. The number of aromatic nitrogens is 2. The highest BCUT2D eigenvalue weighted by Crippen LogP contribution is 2.33. The van der Waals surface area contributed by atoms with Crippen molar-refractivity contribution in [1.82, 2.24) is 9.97 Å². The van der Waals surface area contributed by atoms with Gasteiger partial charge in [0.25, 0.3) is 0 Å². The van der Waals surface area contributed by atoms with Gasteiger partial charge in [0.15, 0.2) is 5.75 Å². The van der Waals surface area contributed by atoms with Gasteiger partial charge in [-0.05, 0) is 17.5 Å². The first-order valence-corrected chi connectivity index (χ1v) is 8.45. The quantitative estimate of drug-likeness (QED) is 0.774. The maximum absolute atomic E-state index is 12.3. The van der Waals surface area contributed by atoms with Gasteiger partial charge >= 0.3 is 6.09 Å². The minimum Gasteiger partial charge on any atom is -0.407 e. The Labute approximate surface area is 156 Å². The molecule has 2 heterocycles.